The van der Waals surface area contributed by atoms with Crippen molar-refractivity contribution >= 4 is 10.8 Å². The highest BCUT2D eigenvalue weighted by Gasteiger charge is 2.18. The van der Waals surface area contributed by atoms with Crippen LogP contribution in [0.4, 0.5) is 13.2 Å². The number of rotatable bonds is 3. The van der Waals surface area contributed by atoms with Crippen molar-refractivity contribution in [3.05, 3.63) is 82.7 Å². The van der Waals surface area contributed by atoms with Crippen molar-refractivity contribution in [2.24, 2.45) is 5.92 Å². The zero-order chi connectivity index (χ0) is 21.1. The van der Waals surface area contributed by atoms with Crippen molar-refractivity contribution in [2.45, 2.75) is 26.1 Å². The second-order valence-corrected chi connectivity index (χ2v) is 7.61. The lowest BCUT2D eigenvalue weighted by molar-refractivity contribution is -0.199. The Bertz CT molecular complexity index is 1110. The Labute approximate surface area is 173 Å². The second-order valence-electron chi connectivity index (χ2n) is 7.61. The zero-order valence-electron chi connectivity index (χ0n) is 16.6. The Morgan fingerprint density at radius 1 is 0.867 bits per heavy atom. The second kappa shape index (κ2) is 8.91. The van der Waals surface area contributed by atoms with E-state index in [2.05, 4.69) is 18.8 Å². The molecule has 0 aromatic heterocycles. The molecule has 1 aliphatic rings. The van der Waals surface area contributed by atoms with E-state index in [4.69, 9.17) is 9.47 Å². The predicted molar refractivity (Wildman–Crippen MR) is 109 cm³/mol. The molecule has 0 radical (unpaired) electrons. The minimum Gasteiger partial charge on any atom is -0.352 e. The van der Waals surface area contributed by atoms with Crippen molar-refractivity contribution < 1.29 is 22.6 Å². The lowest BCUT2D eigenvalue weighted by Crippen LogP contribution is -2.30. The first-order chi connectivity index (χ1) is 14.5. The standard InChI is InChI=1S/C25H21F3O2/c1-16-14-29-23(30-15-16)11-9-18-4-2-17(3-5-18)6-7-19-8-10-21-20(12-19)13-22(26)25(28)24(21)27/h2-5,8,10,12-13,16,23H,9,11,14-15H2,1H3. The van der Waals surface area contributed by atoms with Crippen LogP contribution in [-0.2, 0) is 15.9 Å². The molecule has 1 fully saturated rings. The maximum absolute atomic E-state index is 13.8. The van der Waals surface area contributed by atoms with Crippen LogP contribution in [0.5, 0.6) is 0 Å². The Kier molecular flexibility index (Phi) is 6.08. The van der Waals surface area contributed by atoms with Crippen LogP contribution >= 0.6 is 0 Å². The van der Waals surface area contributed by atoms with Gasteiger partial charge < -0.3 is 9.47 Å². The van der Waals surface area contributed by atoms with Crippen molar-refractivity contribution in [3.63, 3.8) is 0 Å². The first kappa shape index (κ1) is 20.5. The summed E-state index contributed by atoms with van der Waals surface area (Å²) in [5.74, 6) is 2.62. The van der Waals surface area contributed by atoms with Crippen molar-refractivity contribution in [2.75, 3.05) is 13.2 Å². The van der Waals surface area contributed by atoms with E-state index in [0.717, 1.165) is 37.7 Å². The van der Waals surface area contributed by atoms with Gasteiger partial charge in [0.25, 0.3) is 0 Å². The summed E-state index contributed by atoms with van der Waals surface area (Å²) >= 11 is 0. The van der Waals surface area contributed by atoms with Crippen LogP contribution < -0.4 is 0 Å². The van der Waals surface area contributed by atoms with Gasteiger partial charge in [-0.2, -0.15) is 0 Å². The molecule has 3 aromatic carbocycles. The van der Waals surface area contributed by atoms with Crippen LogP contribution in [0.1, 0.15) is 30.0 Å². The van der Waals surface area contributed by atoms with Crippen LogP contribution in [0.2, 0.25) is 0 Å². The number of fused-ring (bicyclic) bond motifs is 1. The average molecular weight is 410 g/mol. The Morgan fingerprint density at radius 3 is 2.27 bits per heavy atom. The van der Waals surface area contributed by atoms with Gasteiger partial charge in [0.2, 0.25) is 0 Å². The van der Waals surface area contributed by atoms with Gasteiger partial charge in [0.15, 0.2) is 23.7 Å². The number of hydrogen-bond donors (Lipinski definition) is 0. The molecule has 0 spiro atoms. The summed E-state index contributed by atoms with van der Waals surface area (Å²) in [4.78, 5) is 0. The summed E-state index contributed by atoms with van der Waals surface area (Å²) in [6, 6.07) is 13.4. The monoisotopic (exact) mass is 410 g/mol. The lowest BCUT2D eigenvalue weighted by atomic mass is 10.0. The molecule has 5 heteroatoms. The molecule has 0 atom stereocenters. The molecule has 0 bridgehead atoms. The molecule has 1 aliphatic heterocycles. The van der Waals surface area contributed by atoms with Gasteiger partial charge in [0.05, 0.1) is 13.2 Å². The fraction of sp³-hybridized carbons (Fsp3) is 0.280. The van der Waals surface area contributed by atoms with E-state index in [1.54, 1.807) is 12.1 Å². The molecular weight excluding hydrogens is 389 g/mol. The molecule has 1 heterocycles. The Hall–Kier alpha value is -2.81. The van der Waals surface area contributed by atoms with Gasteiger partial charge in [-0.15, -0.1) is 0 Å². The number of halogens is 3. The number of benzene rings is 3. The highest BCUT2D eigenvalue weighted by atomic mass is 19.2. The zero-order valence-corrected chi connectivity index (χ0v) is 16.6. The largest absolute Gasteiger partial charge is 0.352 e. The van der Waals surface area contributed by atoms with E-state index < -0.39 is 17.5 Å². The normalized spacial score (nSPS) is 18.8. The topological polar surface area (TPSA) is 18.5 Å². The molecule has 30 heavy (non-hydrogen) atoms. The molecule has 0 saturated carbocycles. The Balaban J connectivity index is 1.42. The minimum atomic E-state index is -1.46. The first-order valence-electron chi connectivity index (χ1n) is 9.91. The van der Waals surface area contributed by atoms with E-state index in [1.807, 2.05) is 24.3 Å². The molecule has 0 amide bonds. The van der Waals surface area contributed by atoms with Gasteiger partial charge in [-0.1, -0.05) is 37.0 Å². The molecule has 4 rings (SSSR count). The van der Waals surface area contributed by atoms with Crippen LogP contribution in [0, 0.1) is 35.2 Å². The summed E-state index contributed by atoms with van der Waals surface area (Å²) in [6.07, 6.45) is 1.52. The summed E-state index contributed by atoms with van der Waals surface area (Å²) in [7, 11) is 0. The number of hydrogen-bond acceptors (Lipinski definition) is 2. The van der Waals surface area contributed by atoms with Gasteiger partial charge in [0, 0.05) is 28.9 Å². The molecule has 0 unspecified atom stereocenters. The molecule has 3 aromatic rings. The van der Waals surface area contributed by atoms with E-state index in [9.17, 15) is 13.2 Å². The third kappa shape index (κ3) is 4.67. The quantitative estimate of drug-likeness (QED) is 0.413. The molecule has 1 saturated heterocycles. The van der Waals surface area contributed by atoms with Crippen LogP contribution in [0.3, 0.4) is 0 Å². The molecular formula is C25H21F3O2. The fourth-order valence-electron chi connectivity index (χ4n) is 3.37. The molecule has 0 aliphatic carbocycles. The van der Waals surface area contributed by atoms with Crippen LogP contribution in [0.25, 0.3) is 10.8 Å². The fourth-order valence-corrected chi connectivity index (χ4v) is 3.37. The minimum absolute atomic E-state index is 0.0317. The van der Waals surface area contributed by atoms with Crippen molar-refractivity contribution in [1.82, 2.24) is 0 Å². The summed E-state index contributed by atoms with van der Waals surface area (Å²) < 4.78 is 51.9. The van der Waals surface area contributed by atoms with E-state index in [0.29, 0.717) is 11.5 Å². The highest BCUT2D eigenvalue weighted by molar-refractivity contribution is 5.84. The Morgan fingerprint density at radius 2 is 1.53 bits per heavy atom. The van der Waals surface area contributed by atoms with Gasteiger partial charge in [-0.05, 0) is 47.7 Å². The smallest absolute Gasteiger partial charge is 0.195 e. The lowest BCUT2D eigenvalue weighted by Gasteiger charge is -2.27. The highest BCUT2D eigenvalue weighted by Crippen LogP contribution is 2.24. The summed E-state index contributed by atoms with van der Waals surface area (Å²) in [6.45, 7) is 3.58. The third-order valence-corrected chi connectivity index (χ3v) is 5.08. The van der Waals surface area contributed by atoms with Crippen LogP contribution in [-0.4, -0.2) is 19.5 Å². The van der Waals surface area contributed by atoms with Gasteiger partial charge in [-0.3, -0.25) is 0 Å². The van der Waals surface area contributed by atoms with Crippen LogP contribution in [0.15, 0.2) is 48.5 Å². The number of ether oxygens (including phenoxy) is 2. The van der Waals surface area contributed by atoms with Gasteiger partial charge in [-0.25, -0.2) is 13.2 Å². The predicted octanol–water partition coefficient (Wildman–Crippen LogP) is 5.60. The molecule has 0 N–H and O–H groups in total. The maximum Gasteiger partial charge on any atom is 0.195 e. The number of aryl methyl sites for hydroxylation is 1. The van der Waals surface area contributed by atoms with Crippen molar-refractivity contribution in [1.29, 1.82) is 0 Å². The summed E-state index contributed by atoms with van der Waals surface area (Å²) in [5, 5.41) is 0.305. The van der Waals surface area contributed by atoms with Crippen molar-refractivity contribution in [3.8, 4) is 11.8 Å². The SMILES string of the molecule is CC1COC(CCc2ccc(C#Cc3ccc4c(F)c(F)c(F)cc4c3)cc2)OC1. The summed E-state index contributed by atoms with van der Waals surface area (Å²) in [5.41, 5.74) is 2.59. The van der Waals surface area contributed by atoms with Gasteiger partial charge >= 0.3 is 0 Å². The van der Waals surface area contributed by atoms with Gasteiger partial charge in [0.1, 0.15) is 0 Å². The third-order valence-electron chi connectivity index (χ3n) is 5.08. The molecule has 154 valence electrons. The van der Waals surface area contributed by atoms with E-state index in [1.165, 1.54) is 11.6 Å². The average Bonchev–Trinajstić information content (AvgIpc) is 2.76. The van der Waals surface area contributed by atoms with E-state index >= 15 is 0 Å². The van der Waals surface area contributed by atoms with E-state index in [-0.39, 0.29) is 17.1 Å². The maximum atomic E-state index is 13.8. The molecule has 2 nitrogen and oxygen atoms in total. The first-order valence-corrected chi connectivity index (χ1v) is 9.91.